The number of allylic oxidation sites excluding steroid dienone is 3. The molecule has 6 aliphatic rings. The minimum Gasteiger partial charge on any atom is -0.478 e. The van der Waals surface area contributed by atoms with Crippen LogP contribution < -0.4 is 0 Å². The molecule has 258 valence electrons. The second-order valence-corrected chi connectivity index (χ2v) is 17.8. The number of aliphatic carboxylic acids is 1. The van der Waals surface area contributed by atoms with Gasteiger partial charge in [-0.05, 0) is 137 Å². The fourth-order valence-electron chi connectivity index (χ4n) is 11.9. The molecular formula is C43H51NO5. The van der Waals surface area contributed by atoms with Crippen LogP contribution in [-0.2, 0) is 26.2 Å². The van der Waals surface area contributed by atoms with Crippen LogP contribution in [0.15, 0.2) is 53.7 Å². The number of carbonyl (C=O) groups excluding carboxylic acids is 1. The number of ether oxygens (including phenoxy) is 1. The average molecular weight is 662 g/mol. The van der Waals surface area contributed by atoms with Crippen LogP contribution in [0, 0.1) is 22.7 Å². The molecule has 3 heterocycles. The number of aromatic nitrogens is 1. The van der Waals surface area contributed by atoms with Crippen LogP contribution in [0.25, 0.3) is 22.6 Å². The van der Waals surface area contributed by atoms with Crippen LogP contribution in [0.1, 0.15) is 128 Å². The average Bonchev–Trinajstić information content (AvgIpc) is 3.69. The summed E-state index contributed by atoms with van der Waals surface area (Å²) in [6.07, 6.45) is 13.5. The molecule has 2 aliphatic heterocycles. The Balaban J connectivity index is 1.36. The van der Waals surface area contributed by atoms with Gasteiger partial charge in [0.25, 0.3) is 0 Å². The van der Waals surface area contributed by atoms with E-state index in [1.54, 1.807) is 19.1 Å². The van der Waals surface area contributed by atoms with Gasteiger partial charge in [-0.25, -0.2) is 4.79 Å². The molecule has 2 aromatic rings. The van der Waals surface area contributed by atoms with Crippen LogP contribution in [0.5, 0.6) is 0 Å². The number of carboxylic acids is 1. The van der Waals surface area contributed by atoms with Crippen molar-refractivity contribution in [1.29, 1.82) is 0 Å². The molecule has 0 saturated heterocycles. The van der Waals surface area contributed by atoms with E-state index in [1.165, 1.54) is 33.4 Å². The fraction of sp³-hybridized carbons (Fsp3) is 0.535. The first-order valence-electron chi connectivity index (χ1n) is 18.1. The normalized spacial score (nSPS) is 36.6. The van der Waals surface area contributed by atoms with E-state index in [1.807, 2.05) is 13.0 Å². The predicted octanol–water partition coefficient (Wildman–Crippen LogP) is 8.98. The smallest absolute Gasteiger partial charge is 0.331 e. The Morgan fingerprint density at radius 3 is 2.49 bits per heavy atom. The third kappa shape index (κ3) is 3.96. The van der Waals surface area contributed by atoms with Gasteiger partial charge in [0.1, 0.15) is 11.9 Å². The highest BCUT2D eigenvalue weighted by molar-refractivity contribution is 6.05. The quantitative estimate of drug-likeness (QED) is 0.194. The van der Waals surface area contributed by atoms with Crippen LogP contribution in [0.3, 0.4) is 0 Å². The van der Waals surface area contributed by atoms with E-state index in [2.05, 4.69) is 77.8 Å². The molecule has 4 aliphatic carbocycles. The third-order valence-electron chi connectivity index (χ3n) is 14.2. The van der Waals surface area contributed by atoms with E-state index in [0.29, 0.717) is 12.3 Å². The molecule has 2 fully saturated rings. The molecule has 1 aromatic heterocycles. The number of ketones is 1. The molecule has 1 aromatic carbocycles. The number of aliphatic hydroxyl groups excluding tert-OH is 1. The van der Waals surface area contributed by atoms with E-state index < -0.39 is 28.7 Å². The van der Waals surface area contributed by atoms with Gasteiger partial charge in [-0.3, -0.25) is 4.79 Å². The van der Waals surface area contributed by atoms with Crippen molar-refractivity contribution in [2.75, 3.05) is 0 Å². The van der Waals surface area contributed by atoms with E-state index >= 15 is 0 Å². The number of fused-ring (bicyclic) bond motifs is 11. The molecule has 6 nitrogen and oxygen atoms in total. The summed E-state index contributed by atoms with van der Waals surface area (Å²) >= 11 is 0. The van der Waals surface area contributed by atoms with Gasteiger partial charge in [-0.1, -0.05) is 44.2 Å². The van der Waals surface area contributed by atoms with Crippen molar-refractivity contribution < 1.29 is 24.5 Å². The van der Waals surface area contributed by atoms with E-state index in [-0.39, 0.29) is 34.1 Å². The predicted molar refractivity (Wildman–Crippen MR) is 194 cm³/mol. The lowest BCUT2D eigenvalue weighted by Crippen LogP contribution is -2.61. The van der Waals surface area contributed by atoms with E-state index in [0.717, 1.165) is 47.9 Å². The summed E-state index contributed by atoms with van der Waals surface area (Å²) in [5, 5.41) is 23.0. The molecule has 8 rings (SSSR count). The van der Waals surface area contributed by atoms with Crippen molar-refractivity contribution in [1.82, 2.24) is 4.57 Å². The number of hydrogen-bond acceptors (Lipinski definition) is 4. The minimum atomic E-state index is -0.952. The SMILES string of the molecule is C=C(C)[C@H]1C(O)c2c3c(cc4c5c(n1c24)[C@@]1(C)C(CC[C@@H]2[C@]1(C)CCC(=O)[C@@]2(C)/C=C/C=C(\C)C(=O)O)C5)C1=CC(C)(C)OC(C)(C)C1=C3. The van der Waals surface area contributed by atoms with E-state index in [4.69, 9.17) is 4.74 Å². The van der Waals surface area contributed by atoms with Crippen molar-refractivity contribution in [3.8, 4) is 0 Å². The number of hydrogen-bond donors (Lipinski definition) is 2. The highest BCUT2D eigenvalue weighted by atomic mass is 16.5. The second-order valence-electron chi connectivity index (χ2n) is 17.8. The lowest BCUT2D eigenvalue weighted by atomic mass is 9.41. The summed E-state index contributed by atoms with van der Waals surface area (Å²) in [5.74, 6) is -0.205. The third-order valence-corrected chi connectivity index (χ3v) is 14.2. The monoisotopic (exact) mass is 661 g/mol. The largest absolute Gasteiger partial charge is 0.478 e. The van der Waals surface area contributed by atoms with E-state index in [9.17, 15) is 19.8 Å². The molecule has 0 bridgehead atoms. The maximum absolute atomic E-state index is 13.9. The summed E-state index contributed by atoms with van der Waals surface area (Å²) in [6, 6.07) is 2.14. The van der Waals surface area contributed by atoms with Crippen LogP contribution in [-0.4, -0.2) is 37.7 Å². The van der Waals surface area contributed by atoms with Gasteiger partial charge in [0.05, 0.1) is 22.8 Å². The molecule has 7 atom stereocenters. The van der Waals surface area contributed by atoms with Crippen LogP contribution >= 0.6 is 0 Å². The Hall–Kier alpha value is -3.48. The summed E-state index contributed by atoms with van der Waals surface area (Å²) in [6.45, 7) is 23.6. The van der Waals surface area contributed by atoms with Crippen molar-refractivity contribution in [3.63, 3.8) is 0 Å². The van der Waals surface area contributed by atoms with Gasteiger partial charge < -0.3 is 19.5 Å². The number of carboxylic acid groups (broad SMARTS) is 1. The molecular weight excluding hydrogens is 610 g/mol. The second kappa shape index (κ2) is 9.85. The van der Waals surface area contributed by atoms with Crippen LogP contribution in [0.2, 0.25) is 0 Å². The van der Waals surface area contributed by atoms with Gasteiger partial charge in [0.2, 0.25) is 0 Å². The Morgan fingerprint density at radius 2 is 1.82 bits per heavy atom. The zero-order valence-electron chi connectivity index (χ0n) is 30.6. The summed E-state index contributed by atoms with van der Waals surface area (Å²) < 4.78 is 9.05. The number of nitrogens with zero attached hydrogens (tertiary/aromatic N) is 1. The summed E-state index contributed by atoms with van der Waals surface area (Å²) in [7, 11) is 0. The first-order valence-corrected chi connectivity index (χ1v) is 18.1. The topological polar surface area (TPSA) is 88.8 Å². The number of rotatable bonds is 4. The van der Waals surface area contributed by atoms with Crippen molar-refractivity contribution in [2.45, 2.75) is 123 Å². The van der Waals surface area contributed by atoms with Gasteiger partial charge in [-0.2, -0.15) is 0 Å². The molecule has 0 amide bonds. The maximum Gasteiger partial charge on any atom is 0.331 e. The maximum atomic E-state index is 13.9. The molecule has 0 radical (unpaired) electrons. The van der Waals surface area contributed by atoms with Crippen molar-refractivity contribution in [2.24, 2.45) is 22.7 Å². The highest BCUT2D eigenvalue weighted by Crippen LogP contribution is 2.71. The van der Waals surface area contributed by atoms with Gasteiger partial charge in [0.15, 0.2) is 0 Å². The molecule has 6 heteroatoms. The Morgan fingerprint density at radius 1 is 1.10 bits per heavy atom. The standard InChI is InChI=1S/C43H51NO5/c1-22(2)34-36(46)33-26-20-30-29(21-39(4,5)49-40(30,6)7)25(26)19-27-28-18-24-13-14-31-41(8,16-11-12-23(3)38(47)48)32(45)15-17-42(31,9)43(24,10)37(28)44(34)35(27)33/h11-12,16,19-21,24,31,34,36,46H,1,13-15,17-18H2,2-10H3,(H,47,48)/b16-11+,23-12+/t24?,31-,34-,36?,41-,42-,43+/m0/s1. The van der Waals surface area contributed by atoms with Gasteiger partial charge >= 0.3 is 5.97 Å². The highest BCUT2D eigenvalue weighted by Gasteiger charge is 2.67. The number of carbonyl (C=O) groups is 2. The first kappa shape index (κ1) is 32.7. The molecule has 2 unspecified atom stereocenters. The minimum absolute atomic E-state index is 0.0930. The van der Waals surface area contributed by atoms with Crippen LogP contribution in [0.4, 0.5) is 0 Å². The number of aliphatic hydroxyl groups is 1. The summed E-state index contributed by atoms with van der Waals surface area (Å²) in [5.41, 5.74) is 8.75. The van der Waals surface area contributed by atoms with Crippen molar-refractivity contribution >= 4 is 34.3 Å². The number of benzene rings is 1. The first-order chi connectivity index (χ1) is 22.8. The zero-order chi connectivity index (χ0) is 35.4. The Kier molecular flexibility index (Phi) is 6.58. The van der Waals surface area contributed by atoms with Crippen molar-refractivity contribution in [3.05, 3.63) is 81.6 Å². The molecule has 49 heavy (non-hydrogen) atoms. The van der Waals surface area contributed by atoms with Gasteiger partial charge in [0, 0.05) is 39.5 Å². The van der Waals surface area contributed by atoms with Gasteiger partial charge in [-0.15, -0.1) is 0 Å². The number of Topliss-reactive ketones (excluding diaryl/α,β-unsaturated/α-hetero) is 1. The molecule has 2 N–H and O–H groups in total. The lowest BCUT2D eigenvalue weighted by Gasteiger charge is -2.62. The lowest BCUT2D eigenvalue weighted by molar-refractivity contribution is -0.149. The Labute approximate surface area is 290 Å². The fourth-order valence-corrected chi connectivity index (χ4v) is 11.9. The molecule has 2 saturated carbocycles. The Bertz CT molecular complexity index is 2050. The zero-order valence-corrected chi connectivity index (χ0v) is 30.6. The molecule has 0 spiro atoms. The summed E-state index contributed by atoms with van der Waals surface area (Å²) in [4.78, 5) is 25.4.